The van der Waals surface area contributed by atoms with Gasteiger partial charge in [-0.25, -0.2) is 8.78 Å². The van der Waals surface area contributed by atoms with Crippen LogP contribution in [0.4, 0.5) is 8.78 Å². The van der Waals surface area contributed by atoms with Crippen LogP contribution >= 0.6 is 27.7 Å². The van der Waals surface area contributed by atoms with Gasteiger partial charge >= 0.3 is 0 Å². The van der Waals surface area contributed by atoms with Crippen LogP contribution in [0.25, 0.3) is 0 Å². The van der Waals surface area contributed by atoms with Crippen LogP contribution in [0, 0.1) is 11.6 Å². The van der Waals surface area contributed by atoms with Crippen molar-refractivity contribution in [2.24, 2.45) is 0 Å². The molecule has 118 valence electrons. The summed E-state index contributed by atoms with van der Waals surface area (Å²) in [6, 6.07) is 2.85. The molecule has 1 heterocycles. The van der Waals surface area contributed by atoms with Gasteiger partial charge in [-0.2, -0.15) is 11.8 Å². The molecule has 1 fully saturated rings. The number of halogens is 3. The Morgan fingerprint density at radius 3 is 2.81 bits per heavy atom. The average molecular weight is 378 g/mol. The van der Waals surface area contributed by atoms with Gasteiger partial charge in [0.15, 0.2) is 0 Å². The van der Waals surface area contributed by atoms with E-state index in [0.717, 1.165) is 25.1 Å². The highest BCUT2D eigenvalue weighted by molar-refractivity contribution is 9.10. The van der Waals surface area contributed by atoms with E-state index in [-0.39, 0.29) is 16.4 Å². The van der Waals surface area contributed by atoms with Crippen molar-refractivity contribution in [1.82, 2.24) is 5.32 Å². The lowest BCUT2D eigenvalue weighted by atomic mass is 9.90. The Morgan fingerprint density at radius 2 is 2.19 bits per heavy atom. The molecule has 0 aromatic heterocycles. The zero-order valence-corrected chi connectivity index (χ0v) is 14.9. The summed E-state index contributed by atoms with van der Waals surface area (Å²) in [5.41, 5.74) is 0.187. The summed E-state index contributed by atoms with van der Waals surface area (Å²) in [7, 11) is 0. The third kappa shape index (κ3) is 3.99. The fraction of sp³-hybridized carbons (Fsp3) is 0.625. The molecule has 1 aromatic rings. The van der Waals surface area contributed by atoms with Crippen molar-refractivity contribution < 1.29 is 8.78 Å². The SMILES string of the molecule is CCCNC(Cc1c(F)ccc(Br)c1F)C1(C)CCCS1. The second kappa shape index (κ2) is 7.42. The van der Waals surface area contributed by atoms with Gasteiger partial charge in [-0.1, -0.05) is 6.92 Å². The first-order chi connectivity index (χ1) is 9.98. The lowest BCUT2D eigenvalue weighted by Gasteiger charge is -2.34. The molecular formula is C16H22BrF2NS. The van der Waals surface area contributed by atoms with Crippen molar-refractivity contribution >= 4 is 27.7 Å². The minimum absolute atomic E-state index is 0.0520. The van der Waals surface area contributed by atoms with E-state index < -0.39 is 11.6 Å². The number of benzene rings is 1. The van der Waals surface area contributed by atoms with Crippen molar-refractivity contribution in [2.45, 2.75) is 50.3 Å². The summed E-state index contributed by atoms with van der Waals surface area (Å²) in [6.07, 6.45) is 3.67. The van der Waals surface area contributed by atoms with Gasteiger partial charge in [0.25, 0.3) is 0 Å². The molecule has 1 aliphatic rings. The smallest absolute Gasteiger partial charge is 0.143 e. The Balaban J connectivity index is 2.24. The number of thioether (sulfide) groups is 1. The molecule has 0 radical (unpaired) electrons. The van der Waals surface area contributed by atoms with Crippen LogP contribution in [-0.2, 0) is 6.42 Å². The Bertz CT molecular complexity index is 489. The van der Waals surface area contributed by atoms with Crippen molar-refractivity contribution in [3.05, 3.63) is 33.8 Å². The maximum atomic E-state index is 14.2. The molecule has 1 aliphatic heterocycles. The molecule has 1 saturated heterocycles. The van der Waals surface area contributed by atoms with Gasteiger partial charge in [0.1, 0.15) is 11.6 Å². The van der Waals surface area contributed by atoms with E-state index in [1.165, 1.54) is 18.6 Å². The van der Waals surface area contributed by atoms with E-state index in [1.54, 1.807) is 0 Å². The highest BCUT2D eigenvalue weighted by Gasteiger charge is 2.38. The zero-order chi connectivity index (χ0) is 15.5. The molecule has 0 aliphatic carbocycles. The van der Waals surface area contributed by atoms with Gasteiger partial charge in [-0.05, 0) is 73.0 Å². The molecule has 1 N–H and O–H groups in total. The van der Waals surface area contributed by atoms with Crippen LogP contribution in [0.15, 0.2) is 16.6 Å². The summed E-state index contributed by atoms with van der Waals surface area (Å²) in [5, 5.41) is 3.50. The van der Waals surface area contributed by atoms with Gasteiger partial charge in [0, 0.05) is 16.4 Å². The molecule has 0 spiro atoms. The third-order valence-corrected chi connectivity index (χ3v) is 6.43. The summed E-state index contributed by atoms with van der Waals surface area (Å²) >= 11 is 5.07. The second-order valence-corrected chi connectivity index (χ2v) is 8.28. The van der Waals surface area contributed by atoms with E-state index in [1.807, 2.05) is 11.8 Å². The van der Waals surface area contributed by atoms with E-state index in [4.69, 9.17) is 0 Å². The van der Waals surface area contributed by atoms with Crippen molar-refractivity contribution in [3.63, 3.8) is 0 Å². The first-order valence-corrected chi connectivity index (χ1v) is 9.25. The Kier molecular flexibility index (Phi) is 6.09. The summed E-state index contributed by atoms with van der Waals surface area (Å²) in [5.74, 6) is 0.208. The molecule has 1 nitrogen and oxygen atoms in total. The van der Waals surface area contributed by atoms with Crippen LogP contribution in [0.3, 0.4) is 0 Å². The van der Waals surface area contributed by atoms with Gasteiger partial charge in [0.05, 0.1) is 4.47 Å². The lowest BCUT2D eigenvalue weighted by Crippen LogP contribution is -2.47. The van der Waals surface area contributed by atoms with Crippen LogP contribution in [0.1, 0.15) is 38.7 Å². The summed E-state index contributed by atoms with van der Waals surface area (Å²) in [4.78, 5) is 0. The number of hydrogen-bond donors (Lipinski definition) is 1. The Labute approximate surface area is 138 Å². The van der Waals surface area contributed by atoms with Crippen molar-refractivity contribution in [1.29, 1.82) is 0 Å². The average Bonchev–Trinajstić information content (AvgIpc) is 2.90. The second-order valence-electron chi connectivity index (χ2n) is 5.80. The zero-order valence-electron chi connectivity index (χ0n) is 12.5. The van der Waals surface area contributed by atoms with E-state index in [9.17, 15) is 8.78 Å². The van der Waals surface area contributed by atoms with Crippen molar-refractivity contribution in [3.8, 4) is 0 Å². The molecular weight excluding hydrogens is 356 g/mol. The van der Waals surface area contributed by atoms with Gasteiger partial charge in [-0.3, -0.25) is 0 Å². The monoisotopic (exact) mass is 377 g/mol. The Morgan fingerprint density at radius 1 is 1.43 bits per heavy atom. The van der Waals surface area contributed by atoms with Gasteiger partial charge in [0.2, 0.25) is 0 Å². The molecule has 2 unspecified atom stereocenters. The first kappa shape index (κ1) is 17.2. The highest BCUT2D eigenvalue weighted by Crippen LogP contribution is 2.42. The quantitative estimate of drug-likeness (QED) is 0.705. The molecule has 0 saturated carbocycles. The maximum absolute atomic E-state index is 14.2. The number of rotatable bonds is 6. The number of hydrogen-bond acceptors (Lipinski definition) is 2. The predicted molar refractivity (Wildman–Crippen MR) is 89.9 cm³/mol. The first-order valence-electron chi connectivity index (χ1n) is 7.47. The summed E-state index contributed by atoms with van der Waals surface area (Å²) in [6.45, 7) is 5.19. The van der Waals surface area contributed by atoms with E-state index >= 15 is 0 Å². The molecule has 0 amide bonds. The molecule has 1 aromatic carbocycles. The molecule has 5 heteroatoms. The normalized spacial score (nSPS) is 23.5. The van der Waals surface area contributed by atoms with Crippen LogP contribution in [-0.4, -0.2) is 23.1 Å². The van der Waals surface area contributed by atoms with Crippen LogP contribution in [0.5, 0.6) is 0 Å². The minimum atomic E-state index is -0.468. The largest absolute Gasteiger partial charge is 0.312 e. The number of nitrogens with one attached hydrogen (secondary N) is 1. The van der Waals surface area contributed by atoms with Gasteiger partial charge in [-0.15, -0.1) is 0 Å². The van der Waals surface area contributed by atoms with Crippen molar-refractivity contribution in [2.75, 3.05) is 12.3 Å². The molecule has 0 bridgehead atoms. The maximum Gasteiger partial charge on any atom is 0.143 e. The molecule has 21 heavy (non-hydrogen) atoms. The van der Waals surface area contributed by atoms with E-state index in [2.05, 4.69) is 35.1 Å². The highest BCUT2D eigenvalue weighted by atomic mass is 79.9. The van der Waals surface area contributed by atoms with E-state index in [0.29, 0.717) is 10.9 Å². The van der Waals surface area contributed by atoms with Crippen LogP contribution in [0.2, 0.25) is 0 Å². The fourth-order valence-corrected chi connectivity index (χ4v) is 4.64. The topological polar surface area (TPSA) is 12.0 Å². The van der Waals surface area contributed by atoms with Crippen LogP contribution < -0.4 is 5.32 Å². The third-order valence-electron chi connectivity index (χ3n) is 4.17. The summed E-state index contributed by atoms with van der Waals surface area (Å²) < 4.78 is 28.6. The van der Waals surface area contributed by atoms with Gasteiger partial charge < -0.3 is 5.32 Å². The lowest BCUT2D eigenvalue weighted by molar-refractivity contribution is 0.388. The minimum Gasteiger partial charge on any atom is -0.312 e. The molecule has 2 atom stereocenters. The molecule has 2 rings (SSSR count). The fourth-order valence-electron chi connectivity index (χ4n) is 2.86. The Hall–Kier alpha value is -0.130. The standard InChI is InChI=1S/C16H22BrF2NS/c1-3-8-20-14(16(2)7-4-9-21-16)10-11-13(18)6-5-12(17)15(11)19/h5-6,14,20H,3-4,7-10H2,1-2H3. The predicted octanol–water partition coefficient (Wildman–Crippen LogP) is 4.92.